The molecule has 0 aliphatic rings. The lowest BCUT2D eigenvalue weighted by Gasteiger charge is -2.04. The second kappa shape index (κ2) is 3.51. The molecule has 6 heteroatoms. The Bertz CT molecular complexity index is 335. The Morgan fingerprint density at radius 3 is 2.75 bits per heavy atom. The summed E-state index contributed by atoms with van der Waals surface area (Å²) in [5.74, 6) is 0. The SMILES string of the molecule is CNS(=O)(=O)Nc1cccnc1. The van der Waals surface area contributed by atoms with Crippen molar-refractivity contribution in [3.05, 3.63) is 24.5 Å². The van der Waals surface area contributed by atoms with Gasteiger partial charge in [0.05, 0.1) is 11.9 Å². The molecule has 0 spiro atoms. The first-order valence-electron chi connectivity index (χ1n) is 3.25. The smallest absolute Gasteiger partial charge is 0.270 e. The number of hydrogen-bond donors (Lipinski definition) is 2. The summed E-state index contributed by atoms with van der Waals surface area (Å²) in [4.78, 5) is 3.75. The second-order valence-corrected chi connectivity index (χ2v) is 3.67. The lowest BCUT2D eigenvalue weighted by atomic mass is 10.4. The fourth-order valence-electron chi connectivity index (χ4n) is 0.629. The van der Waals surface area contributed by atoms with Gasteiger partial charge in [-0.1, -0.05) is 0 Å². The van der Waals surface area contributed by atoms with Crippen LogP contribution >= 0.6 is 0 Å². The zero-order valence-corrected chi connectivity index (χ0v) is 7.30. The minimum absolute atomic E-state index is 0.437. The van der Waals surface area contributed by atoms with Gasteiger partial charge in [0.25, 0.3) is 10.2 Å². The van der Waals surface area contributed by atoms with Crippen LogP contribution in [0, 0.1) is 0 Å². The molecule has 0 radical (unpaired) electrons. The Labute approximate surface area is 71.0 Å². The van der Waals surface area contributed by atoms with Gasteiger partial charge in [-0.25, -0.2) is 4.72 Å². The Morgan fingerprint density at radius 2 is 2.25 bits per heavy atom. The van der Waals surface area contributed by atoms with Crippen molar-refractivity contribution in [3.8, 4) is 0 Å². The van der Waals surface area contributed by atoms with Crippen molar-refractivity contribution >= 4 is 15.9 Å². The van der Waals surface area contributed by atoms with Gasteiger partial charge in [-0.15, -0.1) is 0 Å². The molecule has 0 saturated heterocycles. The summed E-state index contributed by atoms with van der Waals surface area (Å²) in [5.41, 5.74) is 0.437. The van der Waals surface area contributed by atoms with Crippen LogP contribution in [0.25, 0.3) is 0 Å². The van der Waals surface area contributed by atoms with Crippen molar-refractivity contribution in [2.24, 2.45) is 0 Å². The van der Waals surface area contributed by atoms with E-state index in [-0.39, 0.29) is 0 Å². The van der Waals surface area contributed by atoms with E-state index < -0.39 is 10.2 Å². The van der Waals surface area contributed by atoms with Crippen LogP contribution in [0.3, 0.4) is 0 Å². The number of hydrogen-bond acceptors (Lipinski definition) is 3. The van der Waals surface area contributed by atoms with E-state index in [1.54, 1.807) is 18.3 Å². The van der Waals surface area contributed by atoms with Crippen molar-refractivity contribution in [3.63, 3.8) is 0 Å². The normalized spacial score (nSPS) is 11.1. The van der Waals surface area contributed by atoms with Gasteiger partial charge >= 0.3 is 0 Å². The van der Waals surface area contributed by atoms with Crippen molar-refractivity contribution in [2.45, 2.75) is 0 Å². The van der Waals surface area contributed by atoms with Gasteiger partial charge < -0.3 is 0 Å². The van der Waals surface area contributed by atoms with Crippen LogP contribution in [0.2, 0.25) is 0 Å². The van der Waals surface area contributed by atoms with Gasteiger partial charge in [-0.2, -0.15) is 8.42 Å². The van der Waals surface area contributed by atoms with Crippen LogP contribution in [-0.2, 0) is 10.2 Å². The largest absolute Gasteiger partial charge is 0.298 e. The molecule has 66 valence electrons. The average molecular weight is 187 g/mol. The number of pyridine rings is 1. The summed E-state index contributed by atoms with van der Waals surface area (Å²) in [7, 11) is -2.08. The van der Waals surface area contributed by atoms with Gasteiger partial charge in [-0.05, 0) is 12.1 Å². The molecule has 5 nitrogen and oxygen atoms in total. The van der Waals surface area contributed by atoms with E-state index in [0.717, 1.165) is 0 Å². The molecule has 0 bridgehead atoms. The highest BCUT2D eigenvalue weighted by Crippen LogP contribution is 2.03. The van der Waals surface area contributed by atoms with E-state index in [1.165, 1.54) is 13.2 Å². The van der Waals surface area contributed by atoms with Crippen LogP contribution in [0.1, 0.15) is 0 Å². The third-order valence-corrected chi connectivity index (χ3v) is 2.22. The maximum absolute atomic E-state index is 10.9. The molecule has 0 aromatic carbocycles. The highest BCUT2D eigenvalue weighted by Gasteiger charge is 2.04. The molecule has 1 heterocycles. The summed E-state index contributed by atoms with van der Waals surface area (Å²) in [6.07, 6.45) is 2.99. The van der Waals surface area contributed by atoms with Gasteiger partial charge in [0, 0.05) is 13.2 Å². The van der Waals surface area contributed by atoms with Gasteiger partial charge in [0.1, 0.15) is 0 Å². The van der Waals surface area contributed by atoms with Crippen LogP contribution in [0.4, 0.5) is 5.69 Å². The summed E-state index contributed by atoms with van der Waals surface area (Å²) in [5, 5.41) is 0. The third kappa shape index (κ3) is 2.48. The summed E-state index contributed by atoms with van der Waals surface area (Å²) in [6.45, 7) is 0. The number of aromatic nitrogens is 1. The molecular weight excluding hydrogens is 178 g/mol. The van der Waals surface area contributed by atoms with Crippen LogP contribution in [0.5, 0.6) is 0 Å². The molecule has 0 amide bonds. The quantitative estimate of drug-likeness (QED) is 0.697. The zero-order valence-electron chi connectivity index (χ0n) is 6.48. The van der Waals surface area contributed by atoms with E-state index in [0.29, 0.717) is 5.69 Å². The lowest BCUT2D eigenvalue weighted by Crippen LogP contribution is -2.26. The van der Waals surface area contributed by atoms with E-state index >= 15 is 0 Å². The highest BCUT2D eigenvalue weighted by atomic mass is 32.2. The Kier molecular flexibility index (Phi) is 2.61. The van der Waals surface area contributed by atoms with Gasteiger partial charge in [-0.3, -0.25) is 9.71 Å². The fourth-order valence-corrected chi connectivity index (χ4v) is 1.16. The second-order valence-electron chi connectivity index (χ2n) is 2.05. The first-order chi connectivity index (χ1) is 5.64. The molecule has 0 fully saturated rings. The monoisotopic (exact) mass is 187 g/mol. The van der Waals surface area contributed by atoms with Gasteiger partial charge in [0.2, 0.25) is 0 Å². The van der Waals surface area contributed by atoms with E-state index in [4.69, 9.17) is 0 Å². The molecule has 0 unspecified atom stereocenters. The van der Waals surface area contributed by atoms with Gasteiger partial charge in [0.15, 0.2) is 0 Å². The minimum Gasteiger partial charge on any atom is -0.270 e. The van der Waals surface area contributed by atoms with E-state index in [9.17, 15) is 8.42 Å². The molecule has 1 aromatic heterocycles. The van der Waals surface area contributed by atoms with E-state index in [2.05, 4.69) is 14.4 Å². The number of rotatable bonds is 3. The Balaban J connectivity index is 2.78. The first-order valence-corrected chi connectivity index (χ1v) is 4.74. The molecule has 1 aromatic rings. The Hall–Kier alpha value is -1.14. The molecule has 0 atom stereocenters. The Morgan fingerprint density at radius 1 is 1.50 bits per heavy atom. The number of nitrogens with zero attached hydrogens (tertiary/aromatic N) is 1. The minimum atomic E-state index is -3.41. The molecule has 0 aliphatic carbocycles. The standard InChI is InChI=1S/C6H9N3O2S/c1-7-12(10,11)9-6-3-2-4-8-5-6/h2-5,7,9H,1H3. The molecule has 0 aliphatic heterocycles. The molecule has 0 saturated carbocycles. The van der Waals surface area contributed by atoms with Crippen molar-refractivity contribution in [1.29, 1.82) is 0 Å². The predicted molar refractivity (Wildman–Crippen MR) is 45.8 cm³/mol. The number of anilines is 1. The summed E-state index contributed by atoms with van der Waals surface area (Å²) in [6, 6.07) is 3.26. The first kappa shape index (κ1) is 8.95. The van der Waals surface area contributed by atoms with Crippen molar-refractivity contribution in [2.75, 3.05) is 11.8 Å². The lowest BCUT2D eigenvalue weighted by molar-refractivity contribution is 0.593. The molecular formula is C6H9N3O2S. The van der Waals surface area contributed by atoms with Crippen molar-refractivity contribution < 1.29 is 8.42 Å². The highest BCUT2D eigenvalue weighted by molar-refractivity contribution is 7.90. The summed E-state index contributed by atoms with van der Waals surface area (Å²) < 4.78 is 26.2. The maximum atomic E-state index is 10.9. The molecule has 2 N–H and O–H groups in total. The van der Waals surface area contributed by atoms with Crippen LogP contribution in [-0.4, -0.2) is 20.4 Å². The predicted octanol–water partition coefficient (Wildman–Crippen LogP) is -0.0423. The summed E-state index contributed by atoms with van der Waals surface area (Å²) >= 11 is 0. The topological polar surface area (TPSA) is 71.1 Å². The number of nitrogens with one attached hydrogen (secondary N) is 2. The third-order valence-electron chi connectivity index (χ3n) is 1.18. The van der Waals surface area contributed by atoms with Crippen LogP contribution < -0.4 is 9.44 Å². The maximum Gasteiger partial charge on any atom is 0.298 e. The molecule has 1 rings (SSSR count). The van der Waals surface area contributed by atoms with Crippen molar-refractivity contribution in [1.82, 2.24) is 9.71 Å². The van der Waals surface area contributed by atoms with E-state index in [1.807, 2.05) is 0 Å². The fraction of sp³-hybridized carbons (Fsp3) is 0.167. The average Bonchev–Trinajstić information content (AvgIpc) is 2.06. The molecule has 12 heavy (non-hydrogen) atoms. The zero-order chi connectivity index (χ0) is 9.03. The van der Waals surface area contributed by atoms with Crippen LogP contribution in [0.15, 0.2) is 24.5 Å².